The Balaban J connectivity index is 2.04. The van der Waals surface area contributed by atoms with Crippen molar-refractivity contribution in [1.82, 2.24) is 25.1 Å². The second-order valence-electron chi connectivity index (χ2n) is 5.27. The fraction of sp³-hybridized carbons (Fsp3) is 0.250. The van der Waals surface area contributed by atoms with Gasteiger partial charge in [0, 0.05) is 11.3 Å². The van der Waals surface area contributed by atoms with Crippen molar-refractivity contribution < 1.29 is 14.2 Å². The smallest absolute Gasteiger partial charge is 0.216 e. The lowest BCUT2D eigenvalue weighted by molar-refractivity contribution is 0.324. The van der Waals surface area contributed by atoms with Gasteiger partial charge in [0.1, 0.15) is 5.69 Å². The molecule has 26 heavy (non-hydrogen) atoms. The summed E-state index contributed by atoms with van der Waals surface area (Å²) < 4.78 is 18.0. The standard InChI is InChI=1S/C16H18N6O3S/c1-9-7-11(19-18-9)15-20-21-16(26)22(15)17-8-10-5-6-12(23-2)14(25-4)13(10)24-3/h5-8H,1-4H3,(H,18,19)(H,21,26)/b17-8-. The Morgan fingerprint density at radius 2 is 1.85 bits per heavy atom. The first-order chi connectivity index (χ1) is 12.6. The minimum absolute atomic E-state index is 0.344. The largest absolute Gasteiger partial charge is 0.493 e. The number of rotatable bonds is 6. The number of nitrogens with one attached hydrogen (secondary N) is 2. The van der Waals surface area contributed by atoms with E-state index in [2.05, 4.69) is 25.5 Å². The highest BCUT2D eigenvalue weighted by molar-refractivity contribution is 7.71. The highest BCUT2D eigenvalue weighted by Gasteiger charge is 2.15. The van der Waals surface area contributed by atoms with E-state index in [-0.39, 0.29) is 0 Å². The lowest BCUT2D eigenvalue weighted by Gasteiger charge is -2.13. The van der Waals surface area contributed by atoms with Gasteiger partial charge in [0.2, 0.25) is 16.3 Å². The first kappa shape index (κ1) is 17.7. The lowest BCUT2D eigenvalue weighted by atomic mass is 10.2. The van der Waals surface area contributed by atoms with Crippen LogP contribution in [0, 0.1) is 11.7 Å². The molecule has 0 saturated carbocycles. The van der Waals surface area contributed by atoms with Gasteiger partial charge in [-0.1, -0.05) is 0 Å². The predicted octanol–water partition coefficient (Wildman–Crippen LogP) is 2.55. The molecule has 0 bridgehead atoms. The van der Waals surface area contributed by atoms with Crippen molar-refractivity contribution in [2.75, 3.05) is 21.3 Å². The fourth-order valence-electron chi connectivity index (χ4n) is 2.44. The van der Waals surface area contributed by atoms with Crippen molar-refractivity contribution in [3.63, 3.8) is 0 Å². The maximum absolute atomic E-state index is 5.46. The Hall–Kier alpha value is -3.14. The first-order valence-electron chi connectivity index (χ1n) is 7.62. The van der Waals surface area contributed by atoms with Crippen molar-refractivity contribution in [3.05, 3.63) is 34.2 Å². The molecule has 10 heteroatoms. The van der Waals surface area contributed by atoms with Gasteiger partial charge in [-0.3, -0.25) is 5.10 Å². The van der Waals surface area contributed by atoms with Crippen LogP contribution in [0.15, 0.2) is 23.3 Å². The van der Waals surface area contributed by atoms with Crippen molar-refractivity contribution in [2.24, 2.45) is 5.10 Å². The molecular weight excluding hydrogens is 356 g/mol. The van der Waals surface area contributed by atoms with E-state index in [1.807, 2.05) is 19.1 Å². The van der Waals surface area contributed by atoms with E-state index in [0.29, 0.717) is 39.1 Å². The highest BCUT2D eigenvalue weighted by Crippen LogP contribution is 2.39. The van der Waals surface area contributed by atoms with Gasteiger partial charge >= 0.3 is 0 Å². The third-order valence-electron chi connectivity index (χ3n) is 3.63. The topological polar surface area (TPSA) is 102 Å². The molecule has 0 saturated heterocycles. The number of hydrogen-bond acceptors (Lipinski definition) is 7. The van der Waals surface area contributed by atoms with Gasteiger partial charge in [0.25, 0.3) is 0 Å². The fourth-order valence-corrected chi connectivity index (χ4v) is 2.62. The van der Waals surface area contributed by atoms with Crippen molar-refractivity contribution in [1.29, 1.82) is 0 Å². The summed E-state index contributed by atoms with van der Waals surface area (Å²) in [6.45, 7) is 1.90. The predicted molar refractivity (Wildman–Crippen MR) is 98.8 cm³/mol. The number of methoxy groups -OCH3 is 3. The zero-order chi connectivity index (χ0) is 18.7. The Bertz CT molecular complexity index is 1000. The Labute approximate surface area is 154 Å². The van der Waals surface area contributed by atoms with E-state index in [4.69, 9.17) is 26.4 Å². The first-order valence-corrected chi connectivity index (χ1v) is 8.03. The Morgan fingerprint density at radius 3 is 2.46 bits per heavy atom. The second kappa shape index (κ2) is 7.40. The monoisotopic (exact) mass is 374 g/mol. The van der Waals surface area contributed by atoms with Crippen LogP contribution in [0.3, 0.4) is 0 Å². The summed E-state index contributed by atoms with van der Waals surface area (Å²) >= 11 is 5.26. The summed E-state index contributed by atoms with van der Waals surface area (Å²) in [5, 5.41) is 18.4. The van der Waals surface area contributed by atoms with Gasteiger partial charge in [-0.2, -0.15) is 20.0 Å². The number of aromatic nitrogens is 5. The number of H-pyrrole nitrogens is 2. The molecule has 2 N–H and O–H groups in total. The van der Waals surface area contributed by atoms with Gasteiger partial charge in [0.15, 0.2) is 11.5 Å². The quantitative estimate of drug-likeness (QED) is 0.508. The Morgan fingerprint density at radius 1 is 1.08 bits per heavy atom. The van der Waals surface area contributed by atoms with Gasteiger partial charge in [-0.15, -0.1) is 0 Å². The maximum atomic E-state index is 5.46. The molecule has 0 spiro atoms. The van der Waals surface area contributed by atoms with Gasteiger partial charge < -0.3 is 14.2 Å². The molecule has 0 fully saturated rings. The molecule has 2 heterocycles. The maximum Gasteiger partial charge on any atom is 0.216 e. The van der Waals surface area contributed by atoms with E-state index < -0.39 is 0 Å². The third-order valence-corrected chi connectivity index (χ3v) is 3.90. The number of ether oxygens (including phenoxy) is 3. The van der Waals surface area contributed by atoms with E-state index >= 15 is 0 Å². The molecule has 0 aliphatic rings. The number of hydrogen-bond donors (Lipinski definition) is 2. The van der Waals surface area contributed by atoms with Crippen LogP contribution in [0.1, 0.15) is 11.3 Å². The molecule has 0 amide bonds. The van der Waals surface area contributed by atoms with Crippen LogP contribution in [0.25, 0.3) is 11.5 Å². The molecule has 0 atom stereocenters. The average molecular weight is 374 g/mol. The summed E-state index contributed by atoms with van der Waals surface area (Å²) in [4.78, 5) is 0. The minimum atomic E-state index is 0.344. The summed E-state index contributed by atoms with van der Waals surface area (Å²) in [5.74, 6) is 2.05. The molecular formula is C16H18N6O3S. The van der Waals surface area contributed by atoms with Gasteiger partial charge in [-0.05, 0) is 37.3 Å². The van der Waals surface area contributed by atoms with Crippen LogP contribution in [0.5, 0.6) is 17.2 Å². The van der Waals surface area contributed by atoms with E-state index in [0.717, 1.165) is 5.69 Å². The van der Waals surface area contributed by atoms with E-state index in [1.54, 1.807) is 33.6 Å². The highest BCUT2D eigenvalue weighted by atomic mass is 32.1. The normalized spacial score (nSPS) is 11.1. The molecule has 136 valence electrons. The summed E-state index contributed by atoms with van der Waals surface area (Å²) in [7, 11) is 4.66. The second-order valence-corrected chi connectivity index (χ2v) is 5.66. The number of aryl methyl sites for hydroxylation is 1. The van der Waals surface area contributed by atoms with E-state index in [1.165, 1.54) is 4.68 Å². The molecule has 0 aliphatic carbocycles. The molecule has 3 aromatic rings. The number of aromatic amines is 2. The summed E-state index contributed by atoms with van der Waals surface area (Å²) in [6, 6.07) is 5.44. The van der Waals surface area contributed by atoms with Gasteiger partial charge in [0.05, 0.1) is 27.5 Å². The van der Waals surface area contributed by atoms with Crippen molar-refractivity contribution >= 4 is 18.4 Å². The minimum Gasteiger partial charge on any atom is -0.493 e. The van der Waals surface area contributed by atoms with Crippen LogP contribution in [-0.4, -0.2) is 52.6 Å². The third kappa shape index (κ3) is 3.18. The summed E-state index contributed by atoms with van der Waals surface area (Å²) in [5.41, 5.74) is 2.23. The molecule has 0 unspecified atom stereocenters. The SMILES string of the molecule is COc1ccc(/C=N\n2c(-c3cc(C)[nH]n3)n[nH]c2=S)c(OC)c1OC. The number of benzene rings is 1. The van der Waals surface area contributed by atoms with E-state index in [9.17, 15) is 0 Å². The lowest BCUT2D eigenvalue weighted by Crippen LogP contribution is -2.00. The number of nitrogens with zero attached hydrogens (tertiary/aromatic N) is 4. The molecule has 3 rings (SSSR count). The van der Waals surface area contributed by atoms with Crippen LogP contribution >= 0.6 is 12.2 Å². The van der Waals surface area contributed by atoms with Crippen LogP contribution in [0.4, 0.5) is 0 Å². The van der Waals surface area contributed by atoms with Crippen molar-refractivity contribution in [3.8, 4) is 28.8 Å². The molecule has 9 nitrogen and oxygen atoms in total. The molecule has 0 aliphatic heterocycles. The van der Waals surface area contributed by atoms with Gasteiger partial charge in [-0.25, -0.2) is 5.10 Å². The molecule has 2 aromatic heterocycles. The average Bonchev–Trinajstić information content (AvgIpc) is 3.24. The summed E-state index contributed by atoms with van der Waals surface area (Å²) in [6.07, 6.45) is 1.61. The zero-order valence-corrected chi connectivity index (χ0v) is 15.5. The zero-order valence-electron chi connectivity index (χ0n) is 14.7. The van der Waals surface area contributed by atoms with Crippen LogP contribution in [-0.2, 0) is 0 Å². The van der Waals surface area contributed by atoms with Crippen LogP contribution in [0.2, 0.25) is 0 Å². The van der Waals surface area contributed by atoms with Crippen molar-refractivity contribution in [2.45, 2.75) is 6.92 Å². The van der Waals surface area contributed by atoms with Crippen LogP contribution < -0.4 is 14.2 Å². The Kier molecular flexibility index (Phi) is 5.03. The molecule has 1 aromatic carbocycles. The molecule has 0 radical (unpaired) electrons.